The van der Waals surface area contributed by atoms with E-state index in [-0.39, 0.29) is 5.78 Å². The van der Waals surface area contributed by atoms with E-state index in [1.165, 1.54) is 0 Å². The molecule has 110 valence electrons. The van der Waals surface area contributed by atoms with Gasteiger partial charge in [0.05, 0.1) is 6.61 Å². The highest BCUT2D eigenvalue weighted by atomic mass is 17.2. The van der Waals surface area contributed by atoms with E-state index in [4.69, 9.17) is 14.5 Å². The fraction of sp³-hybridized carbons (Fsp3) is 0.235. The lowest BCUT2D eigenvalue weighted by molar-refractivity contribution is -0.293. The van der Waals surface area contributed by atoms with Crippen molar-refractivity contribution in [1.29, 1.82) is 0 Å². The predicted molar refractivity (Wildman–Crippen MR) is 79.4 cm³/mol. The molecule has 0 atom stereocenters. The Bertz CT molecular complexity index is 549. The largest absolute Gasteiger partial charge is 0.491 e. The summed E-state index contributed by atoms with van der Waals surface area (Å²) < 4.78 is 5.48. The van der Waals surface area contributed by atoms with Crippen LogP contribution in [0.4, 0.5) is 0 Å². The predicted octanol–water partition coefficient (Wildman–Crippen LogP) is 3.26. The van der Waals surface area contributed by atoms with Gasteiger partial charge in [-0.1, -0.05) is 30.3 Å². The summed E-state index contributed by atoms with van der Waals surface area (Å²) in [5.74, 6) is 0.696. The van der Waals surface area contributed by atoms with Gasteiger partial charge in [-0.15, -0.1) is 0 Å². The van der Waals surface area contributed by atoms with Gasteiger partial charge in [0.25, 0.3) is 0 Å². The van der Waals surface area contributed by atoms with Crippen LogP contribution in [-0.4, -0.2) is 25.6 Å². The minimum absolute atomic E-state index is 0.00169. The van der Waals surface area contributed by atoms with Gasteiger partial charge in [-0.2, -0.15) is 0 Å². The lowest BCUT2D eigenvalue weighted by atomic mass is 10.0. The molecule has 0 aliphatic carbocycles. The first-order valence-electron chi connectivity index (χ1n) is 6.88. The third-order valence-corrected chi connectivity index (χ3v) is 2.79. The van der Waals surface area contributed by atoms with Crippen LogP contribution in [0.2, 0.25) is 0 Å². The van der Waals surface area contributed by atoms with Gasteiger partial charge >= 0.3 is 0 Å². The van der Waals surface area contributed by atoms with Crippen molar-refractivity contribution in [3.05, 3.63) is 65.7 Å². The second-order valence-electron chi connectivity index (χ2n) is 4.30. The van der Waals surface area contributed by atoms with Crippen molar-refractivity contribution in [3.8, 4) is 5.75 Å². The van der Waals surface area contributed by atoms with Crippen molar-refractivity contribution < 1.29 is 19.3 Å². The summed E-state index contributed by atoms with van der Waals surface area (Å²) in [7, 11) is 0. The molecule has 0 aromatic heterocycles. The molecule has 0 fully saturated rings. The van der Waals surface area contributed by atoms with Crippen molar-refractivity contribution in [3.63, 3.8) is 0 Å². The average molecular weight is 286 g/mol. The van der Waals surface area contributed by atoms with Gasteiger partial charge in [-0.05, 0) is 31.2 Å². The zero-order valence-electron chi connectivity index (χ0n) is 12.0. The first kappa shape index (κ1) is 15.2. The maximum absolute atomic E-state index is 12.2. The topological polar surface area (TPSA) is 44.8 Å². The standard InChI is InChI=1S/C17H18O4/c1-2-20-21-13-12-19-16-10-8-15(9-11-16)17(18)14-6-4-3-5-7-14/h3-11H,2,12-13H2,1H3. The highest BCUT2D eigenvalue weighted by molar-refractivity contribution is 6.08. The number of ketones is 1. The summed E-state index contributed by atoms with van der Waals surface area (Å²) in [5, 5.41) is 0. The van der Waals surface area contributed by atoms with Crippen molar-refractivity contribution in [1.82, 2.24) is 0 Å². The smallest absolute Gasteiger partial charge is 0.193 e. The van der Waals surface area contributed by atoms with Gasteiger partial charge in [0.15, 0.2) is 5.78 Å². The van der Waals surface area contributed by atoms with Crippen LogP contribution >= 0.6 is 0 Å². The van der Waals surface area contributed by atoms with Crippen LogP contribution in [0.3, 0.4) is 0 Å². The molecule has 0 radical (unpaired) electrons. The third-order valence-electron chi connectivity index (χ3n) is 2.79. The Kier molecular flexibility index (Phi) is 5.94. The van der Waals surface area contributed by atoms with Crippen LogP contribution in [-0.2, 0) is 9.78 Å². The Morgan fingerprint density at radius 2 is 1.52 bits per heavy atom. The van der Waals surface area contributed by atoms with Crippen molar-refractivity contribution in [2.24, 2.45) is 0 Å². The molecule has 0 saturated heterocycles. The number of hydrogen-bond acceptors (Lipinski definition) is 4. The molecule has 0 bridgehead atoms. The monoisotopic (exact) mass is 286 g/mol. The van der Waals surface area contributed by atoms with Gasteiger partial charge in [0.2, 0.25) is 0 Å². The SMILES string of the molecule is CCOOCCOc1ccc(C(=O)c2ccccc2)cc1. The molecule has 0 aliphatic rings. The van der Waals surface area contributed by atoms with Crippen molar-refractivity contribution >= 4 is 5.78 Å². The zero-order valence-corrected chi connectivity index (χ0v) is 12.0. The van der Waals surface area contributed by atoms with Gasteiger partial charge in [0.1, 0.15) is 19.0 Å². The van der Waals surface area contributed by atoms with E-state index in [0.29, 0.717) is 36.7 Å². The first-order chi connectivity index (χ1) is 10.3. The van der Waals surface area contributed by atoms with Gasteiger partial charge in [0, 0.05) is 11.1 Å². The Morgan fingerprint density at radius 1 is 0.857 bits per heavy atom. The molecule has 0 spiro atoms. The molecular weight excluding hydrogens is 268 g/mol. The molecule has 0 N–H and O–H groups in total. The number of benzene rings is 2. The quantitative estimate of drug-likeness (QED) is 0.323. The Balaban J connectivity index is 1.88. The number of ether oxygens (including phenoxy) is 1. The molecule has 2 rings (SSSR count). The van der Waals surface area contributed by atoms with Crippen molar-refractivity contribution in [2.75, 3.05) is 19.8 Å². The molecular formula is C17H18O4. The Labute approximate surface area is 124 Å². The van der Waals surface area contributed by atoms with E-state index in [2.05, 4.69) is 0 Å². The molecule has 21 heavy (non-hydrogen) atoms. The second-order valence-corrected chi connectivity index (χ2v) is 4.30. The van der Waals surface area contributed by atoms with E-state index >= 15 is 0 Å². The fourth-order valence-electron chi connectivity index (χ4n) is 1.79. The van der Waals surface area contributed by atoms with Gasteiger partial charge < -0.3 is 4.74 Å². The maximum atomic E-state index is 12.2. The fourth-order valence-corrected chi connectivity index (χ4v) is 1.79. The summed E-state index contributed by atoms with van der Waals surface area (Å²) >= 11 is 0. The van der Waals surface area contributed by atoms with Crippen LogP contribution in [0.25, 0.3) is 0 Å². The lowest BCUT2D eigenvalue weighted by Crippen LogP contribution is -2.07. The van der Waals surface area contributed by atoms with Crippen LogP contribution in [0.15, 0.2) is 54.6 Å². The van der Waals surface area contributed by atoms with E-state index in [1.54, 1.807) is 36.4 Å². The number of carbonyl (C=O) groups is 1. The van der Waals surface area contributed by atoms with E-state index in [0.717, 1.165) is 0 Å². The summed E-state index contributed by atoms with van der Waals surface area (Å²) in [6.07, 6.45) is 0. The highest BCUT2D eigenvalue weighted by Gasteiger charge is 2.08. The maximum Gasteiger partial charge on any atom is 0.193 e. The summed E-state index contributed by atoms with van der Waals surface area (Å²) in [6, 6.07) is 16.3. The minimum Gasteiger partial charge on any atom is -0.491 e. The average Bonchev–Trinajstić information content (AvgIpc) is 2.55. The zero-order chi connectivity index (χ0) is 14.9. The lowest BCUT2D eigenvalue weighted by Gasteiger charge is -2.07. The molecule has 2 aromatic rings. The van der Waals surface area contributed by atoms with E-state index in [9.17, 15) is 4.79 Å². The van der Waals surface area contributed by atoms with E-state index < -0.39 is 0 Å². The molecule has 0 unspecified atom stereocenters. The van der Waals surface area contributed by atoms with Crippen LogP contribution in [0.5, 0.6) is 5.75 Å². The summed E-state index contributed by atoms with van der Waals surface area (Å²) in [4.78, 5) is 21.8. The number of rotatable bonds is 8. The number of carbonyl (C=O) groups excluding carboxylic acids is 1. The molecule has 0 saturated carbocycles. The van der Waals surface area contributed by atoms with Crippen LogP contribution in [0, 0.1) is 0 Å². The molecule has 4 heteroatoms. The highest BCUT2D eigenvalue weighted by Crippen LogP contribution is 2.15. The summed E-state index contributed by atoms with van der Waals surface area (Å²) in [5.41, 5.74) is 1.32. The Hall–Kier alpha value is -2.17. The van der Waals surface area contributed by atoms with Gasteiger partial charge in [-0.3, -0.25) is 4.79 Å². The van der Waals surface area contributed by atoms with Crippen molar-refractivity contribution in [2.45, 2.75) is 6.92 Å². The molecule has 2 aromatic carbocycles. The third kappa shape index (κ3) is 4.70. The van der Waals surface area contributed by atoms with Crippen LogP contribution < -0.4 is 4.74 Å². The second kappa shape index (κ2) is 8.19. The normalized spacial score (nSPS) is 10.3. The minimum atomic E-state index is 0.00169. The number of hydrogen-bond donors (Lipinski definition) is 0. The molecule has 0 amide bonds. The first-order valence-corrected chi connectivity index (χ1v) is 6.88. The molecule has 4 nitrogen and oxygen atoms in total. The van der Waals surface area contributed by atoms with Crippen LogP contribution in [0.1, 0.15) is 22.8 Å². The van der Waals surface area contributed by atoms with E-state index in [1.807, 2.05) is 25.1 Å². The molecule has 0 heterocycles. The Morgan fingerprint density at radius 3 is 2.19 bits per heavy atom. The molecule has 0 aliphatic heterocycles. The summed E-state index contributed by atoms with van der Waals surface area (Å²) in [6.45, 7) is 3.12. The van der Waals surface area contributed by atoms with Gasteiger partial charge in [-0.25, -0.2) is 9.78 Å².